The van der Waals surface area contributed by atoms with Crippen molar-refractivity contribution in [1.29, 1.82) is 0 Å². The fourth-order valence-electron chi connectivity index (χ4n) is 1.81. The lowest BCUT2D eigenvalue weighted by Crippen LogP contribution is -2.41. The van der Waals surface area contributed by atoms with E-state index in [0.29, 0.717) is 13.2 Å². The number of unbranched alkanes of at least 4 members (excludes halogenated alkanes) is 1. The average molecular weight is 296 g/mol. The van der Waals surface area contributed by atoms with Gasteiger partial charge in [-0.15, -0.1) is 10.2 Å². The molecule has 0 saturated carbocycles. The van der Waals surface area contributed by atoms with Crippen LogP contribution in [0.1, 0.15) is 31.4 Å². The second kappa shape index (κ2) is 9.33. The van der Waals surface area contributed by atoms with E-state index < -0.39 is 0 Å². The summed E-state index contributed by atoms with van der Waals surface area (Å²) in [5, 5.41) is 11.5. The van der Waals surface area contributed by atoms with Crippen LogP contribution in [0, 0.1) is 6.92 Å². The van der Waals surface area contributed by atoms with Crippen LogP contribution in [0.3, 0.4) is 0 Å². The molecule has 0 spiro atoms. The Labute approximate surface area is 127 Å². The summed E-state index contributed by atoms with van der Waals surface area (Å²) in [6, 6.07) is 0. The third-order valence-corrected chi connectivity index (χ3v) is 3.35. The second-order valence-corrected chi connectivity index (χ2v) is 5.06. The van der Waals surface area contributed by atoms with Crippen LogP contribution in [0.15, 0.2) is 4.99 Å². The molecule has 0 amide bonds. The lowest BCUT2D eigenvalue weighted by Gasteiger charge is -2.22. The minimum Gasteiger partial charge on any atom is -0.383 e. The SMILES string of the molecule is CCCCN(C)C(=NCc1nnc(C)n1C)NCCOC. The van der Waals surface area contributed by atoms with Gasteiger partial charge in [0.15, 0.2) is 11.8 Å². The lowest BCUT2D eigenvalue weighted by molar-refractivity contribution is 0.203. The van der Waals surface area contributed by atoms with E-state index in [2.05, 4.69) is 39.4 Å². The van der Waals surface area contributed by atoms with Crippen LogP contribution >= 0.6 is 0 Å². The largest absolute Gasteiger partial charge is 0.383 e. The van der Waals surface area contributed by atoms with Gasteiger partial charge in [-0.3, -0.25) is 0 Å². The number of hydrogen-bond acceptors (Lipinski definition) is 4. The molecule has 0 bridgehead atoms. The first kappa shape index (κ1) is 17.4. The summed E-state index contributed by atoms with van der Waals surface area (Å²) in [7, 11) is 5.71. The van der Waals surface area contributed by atoms with Crippen molar-refractivity contribution in [2.75, 3.05) is 33.9 Å². The van der Waals surface area contributed by atoms with E-state index >= 15 is 0 Å². The van der Waals surface area contributed by atoms with Crippen molar-refractivity contribution in [3.8, 4) is 0 Å². The van der Waals surface area contributed by atoms with E-state index in [4.69, 9.17) is 4.74 Å². The number of guanidine groups is 1. The number of nitrogens with zero attached hydrogens (tertiary/aromatic N) is 5. The molecule has 1 aromatic rings. The lowest BCUT2D eigenvalue weighted by atomic mass is 10.3. The Morgan fingerprint density at radius 3 is 2.76 bits per heavy atom. The number of aliphatic imine (C=N–C) groups is 1. The van der Waals surface area contributed by atoms with Gasteiger partial charge in [-0.2, -0.15) is 0 Å². The van der Waals surface area contributed by atoms with Crippen LogP contribution in [0.4, 0.5) is 0 Å². The normalized spacial score (nSPS) is 11.8. The highest BCUT2D eigenvalue weighted by atomic mass is 16.5. The number of hydrogen-bond donors (Lipinski definition) is 1. The summed E-state index contributed by atoms with van der Waals surface area (Å²) in [5.74, 6) is 2.64. The Bertz CT molecular complexity index is 443. The monoisotopic (exact) mass is 296 g/mol. The Morgan fingerprint density at radius 1 is 1.43 bits per heavy atom. The summed E-state index contributed by atoms with van der Waals surface area (Å²) in [6.07, 6.45) is 2.31. The summed E-state index contributed by atoms with van der Waals surface area (Å²) in [4.78, 5) is 6.79. The quantitative estimate of drug-likeness (QED) is 0.439. The Kier molecular flexibility index (Phi) is 7.74. The first-order chi connectivity index (χ1) is 10.1. The first-order valence-electron chi connectivity index (χ1n) is 7.43. The molecule has 21 heavy (non-hydrogen) atoms. The van der Waals surface area contributed by atoms with E-state index in [0.717, 1.165) is 43.5 Å². The van der Waals surface area contributed by atoms with Crippen molar-refractivity contribution in [2.24, 2.45) is 12.0 Å². The zero-order chi connectivity index (χ0) is 15.7. The molecule has 0 saturated heterocycles. The van der Waals surface area contributed by atoms with Crippen LogP contribution < -0.4 is 5.32 Å². The molecule has 7 nitrogen and oxygen atoms in total. The molecule has 0 aliphatic carbocycles. The molecule has 1 aromatic heterocycles. The van der Waals surface area contributed by atoms with E-state index in [1.807, 2.05) is 18.5 Å². The zero-order valence-corrected chi connectivity index (χ0v) is 13.9. The molecule has 0 atom stereocenters. The highest BCUT2D eigenvalue weighted by Gasteiger charge is 2.08. The molecule has 7 heteroatoms. The van der Waals surface area contributed by atoms with Crippen molar-refractivity contribution >= 4 is 5.96 Å². The third-order valence-electron chi connectivity index (χ3n) is 3.35. The molecule has 0 radical (unpaired) electrons. The fourth-order valence-corrected chi connectivity index (χ4v) is 1.81. The Morgan fingerprint density at radius 2 is 2.19 bits per heavy atom. The molecule has 120 valence electrons. The van der Waals surface area contributed by atoms with Gasteiger partial charge in [0, 0.05) is 34.3 Å². The van der Waals surface area contributed by atoms with Gasteiger partial charge in [0.2, 0.25) is 0 Å². The molecule has 0 fully saturated rings. The van der Waals surface area contributed by atoms with Crippen molar-refractivity contribution in [2.45, 2.75) is 33.2 Å². The van der Waals surface area contributed by atoms with Gasteiger partial charge >= 0.3 is 0 Å². The molecule has 1 N–H and O–H groups in total. The van der Waals surface area contributed by atoms with Crippen molar-refractivity contribution in [1.82, 2.24) is 25.0 Å². The van der Waals surface area contributed by atoms with Crippen molar-refractivity contribution < 1.29 is 4.74 Å². The predicted molar refractivity (Wildman–Crippen MR) is 84.3 cm³/mol. The van der Waals surface area contributed by atoms with Gasteiger partial charge in [-0.1, -0.05) is 13.3 Å². The van der Waals surface area contributed by atoms with E-state index in [1.165, 1.54) is 0 Å². The average Bonchev–Trinajstić information content (AvgIpc) is 2.80. The minimum atomic E-state index is 0.517. The molecular weight excluding hydrogens is 268 g/mol. The fraction of sp³-hybridized carbons (Fsp3) is 0.786. The summed E-state index contributed by atoms with van der Waals surface area (Å²) < 4.78 is 7.04. The molecular formula is C14H28N6O. The highest BCUT2D eigenvalue weighted by Crippen LogP contribution is 2.01. The van der Waals surface area contributed by atoms with Gasteiger partial charge < -0.3 is 19.5 Å². The van der Waals surface area contributed by atoms with Crippen molar-refractivity contribution in [3.05, 3.63) is 11.6 Å². The molecule has 0 unspecified atom stereocenters. The smallest absolute Gasteiger partial charge is 0.194 e. The molecule has 1 rings (SSSR count). The number of rotatable bonds is 8. The van der Waals surface area contributed by atoms with Crippen LogP contribution in [-0.2, 0) is 18.3 Å². The van der Waals surface area contributed by atoms with Crippen LogP contribution in [-0.4, -0.2) is 59.5 Å². The predicted octanol–water partition coefficient (Wildman–Crippen LogP) is 0.947. The van der Waals surface area contributed by atoms with Gasteiger partial charge in [-0.05, 0) is 13.3 Å². The standard InChI is InChI=1S/C14H28N6O/c1-6-7-9-19(3)14(15-8-10-21-5)16-11-13-18-17-12(2)20(13)4/h6-11H2,1-5H3,(H,15,16). The summed E-state index contributed by atoms with van der Waals surface area (Å²) in [5.41, 5.74) is 0. The Hall–Kier alpha value is -1.63. The third kappa shape index (κ3) is 5.71. The Balaban J connectivity index is 2.69. The van der Waals surface area contributed by atoms with Gasteiger partial charge in [0.25, 0.3) is 0 Å². The zero-order valence-electron chi connectivity index (χ0n) is 13.9. The maximum Gasteiger partial charge on any atom is 0.194 e. The molecule has 0 aliphatic rings. The van der Waals surface area contributed by atoms with Crippen LogP contribution in [0.25, 0.3) is 0 Å². The van der Waals surface area contributed by atoms with E-state index in [1.54, 1.807) is 7.11 Å². The van der Waals surface area contributed by atoms with E-state index in [-0.39, 0.29) is 0 Å². The van der Waals surface area contributed by atoms with Gasteiger partial charge in [-0.25, -0.2) is 4.99 Å². The first-order valence-corrected chi connectivity index (χ1v) is 7.43. The number of ether oxygens (including phenoxy) is 1. The number of aromatic nitrogens is 3. The van der Waals surface area contributed by atoms with Crippen LogP contribution in [0.2, 0.25) is 0 Å². The maximum absolute atomic E-state index is 5.08. The number of aryl methyl sites for hydroxylation is 1. The highest BCUT2D eigenvalue weighted by molar-refractivity contribution is 5.79. The number of nitrogens with one attached hydrogen (secondary N) is 1. The number of methoxy groups -OCH3 is 1. The second-order valence-electron chi connectivity index (χ2n) is 5.06. The minimum absolute atomic E-state index is 0.517. The van der Waals surface area contributed by atoms with Crippen molar-refractivity contribution in [3.63, 3.8) is 0 Å². The van der Waals surface area contributed by atoms with E-state index in [9.17, 15) is 0 Å². The topological polar surface area (TPSA) is 67.6 Å². The maximum atomic E-state index is 5.08. The van der Waals surface area contributed by atoms with Crippen LogP contribution in [0.5, 0.6) is 0 Å². The molecule has 0 aromatic carbocycles. The van der Waals surface area contributed by atoms with Gasteiger partial charge in [0.05, 0.1) is 6.61 Å². The summed E-state index contributed by atoms with van der Waals surface area (Å²) >= 11 is 0. The summed E-state index contributed by atoms with van der Waals surface area (Å²) in [6.45, 7) is 7.01. The molecule has 1 heterocycles. The molecule has 0 aliphatic heterocycles. The van der Waals surface area contributed by atoms with Gasteiger partial charge in [0.1, 0.15) is 12.4 Å².